The fourth-order valence-corrected chi connectivity index (χ4v) is 4.65. The molecular weight excluding hydrogens is 442 g/mol. The van der Waals surface area contributed by atoms with E-state index in [0.717, 1.165) is 17.8 Å². The van der Waals surface area contributed by atoms with Gasteiger partial charge in [-0.15, -0.1) is 0 Å². The number of halogens is 1. The van der Waals surface area contributed by atoms with E-state index in [1.54, 1.807) is 47.1 Å². The minimum Gasteiger partial charge on any atom is -0.396 e. The average Bonchev–Trinajstić information content (AvgIpc) is 3.02. The number of benzene rings is 2. The largest absolute Gasteiger partial charge is 0.396 e. The van der Waals surface area contributed by atoms with Gasteiger partial charge in [0.15, 0.2) is 5.60 Å². The van der Waals surface area contributed by atoms with Crippen LogP contribution in [0.25, 0.3) is 0 Å². The van der Waals surface area contributed by atoms with Gasteiger partial charge in [-0.25, -0.2) is 0 Å². The van der Waals surface area contributed by atoms with Gasteiger partial charge in [-0.2, -0.15) is 0 Å². The maximum atomic E-state index is 13.6. The molecule has 0 bridgehead atoms. The number of carbonyl (C=O) groups is 2. The molecule has 0 saturated carbocycles. The highest BCUT2D eigenvalue weighted by molar-refractivity contribution is 6.31. The Morgan fingerprint density at radius 2 is 2.06 bits per heavy atom. The van der Waals surface area contributed by atoms with Crippen LogP contribution in [0, 0.1) is 5.92 Å². The number of nitrogens with one attached hydrogen (secondary N) is 1. The number of hydrogen-bond donors (Lipinski definition) is 3. The molecule has 2 heterocycles. The van der Waals surface area contributed by atoms with Crippen molar-refractivity contribution in [2.45, 2.75) is 25.5 Å². The Balaban J connectivity index is 1.66. The molecular formula is C25H28ClN3O4. The molecule has 4 rings (SSSR count). The Bertz CT molecular complexity index is 1090. The number of hydrogen-bond acceptors (Lipinski definition) is 5. The molecule has 1 saturated heterocycles. The third-order valence-corrected chi connectivity index (χ3v) is 6.50. The zero-order valence-electron chi connectivity index (χ0n) is 18.5. The summed E-state index contributed by atoms with van der Waals surface area (Å²) in [5, 5.41) is 24.2. The van der Waals surface area contributed by atoms with Crippen molar-refractivity contribution in [1.82, 2.24) is 5.32 Å². The molecule has 0 unspecified atom stereocenters. The number of aliphatic hydroxyl groups excluding tert-OH is 1. The number of rotatable bonds is 7. The molecule has 8 heteroatoms. The highest BCUT2D eigenvalue weighted by Crippen LogP contribution is 2.46. The van der Waals surface area contributed by atoms with Crippen molar-refractivity contribution >= 4 is 34.8 Å². The van der Waals surface area contributed by atoms with Crippen LogP contribution in [0.15, 0.2) is 54.6 Å². The predicted octanol–water partition coefficient (Wildman–Crippen LogP) is 2.59. The van der Waals surface area contributed by atoms with Gasteiger partial charge in [-0.3, -0.25) is 9.59 Å². The molecule has 2 amide bonds. The normalized spacial score (nSPS) is 21.7. The van der Waals surface area contributed by atoms with Crippen LogP contribution in [-0.2, 0) is 21.7 Å². The quantitative estimate of drug-likeness (QED) is 0.542. The molecule has 2 atom stereocenters. The zero-order chi connectivity index (χ0) is 23.6. The standard InChI is InChI=1S/C25H28ClN3O4/c1-17(5-2-3-12-30)25(33)21-14-19(26)8-9-22(21)29(24(25)32)16-18-6-4-7-20(13-18)28-11-10-27-15-23(28)31/h2,4-9,13-14,17,27,30,33H,3,10-12,15-16H2,1H3/b5-2+/t17-,25+/m0/s1. The Morgan fingerprint density at radius 3 is 2.82 bits per heavy atom. The Hall–Kier alpha value is -2.71. The van der Waals surface area contributed by atoms with Crippen LogP contribution in [0.5, 0.6) is 0 Å². The van der Waals surface area contributed by atoms with Crippen molar-refractivity contribution in [3.63, 3.8) is 0 Å². The second-order valence-electron chi connectivity index (χ2n) is 8.44. The van der Waals surface area contributed by atoms with Crippen molar-refractivity contribution < 1.29 is 19.8 Å². The summed E-state index contributed by atoms with van der Waals surface area (Å²) in [6.07, 6.45) is 3.95. The van der Waals surface area contributed by atoms with Crippen molar-refractivity contribution in [3.05, 3.63) is 70.8 Å². The van der Waals surface area contributed by atoms with Gasteiger partial charge in [0.2, 0.25) is 5.91 Å². The molecule has 0 aliphatic carbocycles. The lowest BCUT2D eigenvalue weighted by Crippen LogP contribution is -2.48. The predicted molar refractivity (Wildman–Crippen MR) is 128 cm³/mol. The Labute approximate surface area is 198 Å². The SMILES string of the molecule is C[C@@H](/C=C/CCO)[C@]1(O)C(=O)N(Cc2cccc(N3CCNCC3=O)c2)c2ccc(Cl)cc21. The van der Waals surface area contributed by atoms with E-state index < -0.39 is 17.4 Å². The summed E-state index contributed by atoms with van der Waals surface area (Å²) < 4.78 is 0. The van der Waals surface area contributed by atoms with Crippen molar-refractivity contribution in [3.8, 4) is 0 Å². The van der Waals surface area contributed by atoms with Crippen LogP contribution in [0.3, 0.4) is 0 Å². The summed E-state index contributed by atoms with van der Waals surface area (Å²) in [5.41, 5.74) is 0.948. The molecule has 33 heavy (non-hydrogen) atoms. The van der Waals surface area contributed by atoms with E-state index in [2.05, 4.69) is 5.32 Å². The minimum atomic E-state index is -1.77. The maximum absolute atomic E-state index is 13.6. The van der Waals surface area contributed by atoms with Gasteiger partial charge in [0, 0.05) is 41.9 Å². The lowest BCUT2D eigenvalue weighted by molar-refractivity contribution is -0.139. The summed E-state index contributed by atoms with van der Waals surface area (Å²) >= 11 is 6.22. The van der Waals surface area contributed by atoms with Gasteiger partial charge in [0.1, 0.15) is 0 Å². The average molecular weight is 470 g/mol. The number of anilines is 2. The van der Waals surface area contributed by atoms with Gasteiger partial charge >= 0.3 is 0 Å². The summed E-state index contributed by atoms with van der Waals surface area (Å²) in [6.45, 7) is 3.63. The highest BCUT2D eigenvalue weighted by Gasteiger charge is 2.52. The molecule has 3 N–H and O–H groups in total. The lowest BCUT2D eigenvalue weighted by Gasteiger charge is -2.29. The van der Waals surface area contributed by atoms with E-state index >= 15 is 0 Å². The van der Waals surface area contributed by atoms with Gasteiger partial charge in [0.05, 0.1) is 18.8 Å². The van der Waals surface area contributed by atoms with Gasteiger partial charge in [0.25, 0.3) is 5.91 Å². The highest BCUT2D eigenvalue weighted by atomic mass is 35.5. The minimum absolute atomic E-state index is 0.00391. The van der Waals surface area contributed by atoms with Crippen molar-refractivity contribution in [1.29, 1.82) is 0 Å². The van der Waals surface area contributed by atoms with Crippen LogP contribution >= 0.6 is 11.6 Å². The first-order valence-corrected chi connectivity index (χ1v) is 11.5. The van der Waals surface area contributed by atoms with Gasteiger partial charge in [-0.1, -0.05) is 42.8 Å². The molecule has 7 nitrogen and oxygen atoms in total. The maximum Gasteiger partial charge on any atom is 0.264 e. The summed E-state index contributed by atoms with van der Waals surface area (Å²) in [4.78, 5) is 29.2. The first kappa shape index (κ1) is 23.4. The number of carbonyl (C=O) groups excluding carboxylic acids is 2. The van der Waals surface area contributed by atoms with E-state index in [4.69, 9.17) is 16.7 Å². The number of nitrogens with zero attached hydrogens (tertiary/aromatic N) is 2. The van der Waals surface area contributed by atoms with E-state index in [0.29, 0.717) is 35.8 Å². The fraction of sp³-hybridized carbons (Fsp3) is 0.360. The van der Waals surface area contributed by atoms with Crippen LogP contribution in [0.4, 0.5) is 11.4 Å². The third kappa shape index (κ3) is 4.42. The number of piperazine rings is 1. The van der Waals surface area contributed by atoms with Crippen LogP contribution < -0.4 is 15.1 Å². The number of aliphatic hydroxyl groups is 2. The third-order valence-electron chi connectivity index (χ3n) is 6.26. The fourth-order valence-electron chi connectivity index (χ4n) is 4.48. The second kappa shape index (κ2) is 9.65. The monoisotopic (exact) mass is 469 g/mol. The molecule has 2 aromatic carbocycles. The van der Waals surface area contributed by atoms with Crippen molar-refractivity contribution in [2.24, 2.45) is 5.92 Å². The van der Waals surface area contributed by atoms with Crippen molar-refractivity contribution in [2.75, 3.05) is 36.0 Å². The molecule has 0 aromatic heterocycles. The molecule has 2 aromatic rings. The van der Waals surface area contributed by atoms with E-state index in [1.165, 1.54) is 0 Å². The zero-order valence-corrected chi connectivity index (χ0v) is 19.3. The molecule has 1 fully saturated rings. The second-order valence-corrected chi connectivity index (χ2v) is 8.88. The van der Waals surface area contributed by atoms with Crippen LogP contribution in [0.1, 0.15) is 24.5 Å². The summed E-state index contributed by atoms with van der Waals surface area (Å²) in [5.74, 6) is -0.943. The van der Waals surface area contributed by atoms with E-state index in [9.17, 15) is 14.7 Å². The molecule has 0 spiro atoms. The molecule has 174 valence electrons. The summed E-state index contributed by atoms with van der Waals surface area (Å²) in [6, 6.07) is 12.7. The van der Waals surface area contributed by atoms with E-state index in [1.807, 2.05) is 24.3 Å². The molecule has 2 aliphatic rings. The van der Waals surface area contributed by atoms with Gasteiger partial charge in [-0.05, 0) is 42.3 Å². The van der Waals surface area contributed by atoms with Crippen LogP contribution in [-0.4, -0.2) is 48.3 Å². The van der Waals surface area contributed by atoms with Gasteiger partial charge < -0.3 is 25.3 Å². The Kier molecular flexibility index (Phi) is 6.86. The molecule has 0 radical (unpaired) electrons. The van der Waals surface area contributed by atoms with Crippen LogP contribution in [0.2, 0.25) is 5.02 Å². The smallest absolute Gasteiger partial charge is 0.264 e. The molecule has 2 aliphatic heterocycles. The summed E-state index contributed by atoms with van der Waals surface area (Å²) in [7, 11) is 0. The lowest BCUT2D eigenvalue weighted by atomic mass is 9.83. The Morgan fingerprint density at radius 1 is 1.24 bits per heavy atom. The number of amides is 2. The number of fused-ring (bicyclic) bond motifs is 1. The first-order chi connectivity index (χ1) is 15.9. The first-order valence-electron chi connectivity index (χ1n) is 11.1. The van der Waals surface area contributed by atoms with E-state index in [-0.39, 0.29) is 19.1 Å². The topological polar surface area (TPSA) is 93.1 Å².